The molecule has 2 aromatic carbocycles. The van der Waals surface area contributed by atoms with Gasteiger partial charge >= 0.3 is 0 Å². The molecule has 34 heavy (non-hydrogen) atoms. The second-order valence-electron chi connectivity index (χ2n) is 7.53. The number of nitrogens with zero attached hydrogens (tertiary/aromatic N) is 2. The molecule has 0 radical (unpaired) electrons. The highest BCUT2D eigenvalue weighted by atomic mass is 32.2. The predicted molar refractivity (Wildman–Crippen MR) is 136 cm³/mol. The highest BCUT2D eigenvalue weighted by Crippen LogP contribution is 2.38. The molecule has 0 atom stereocenters. The standard InChI is InChI=1S/C26H19FN2O2S3/c1-18-25(24(19-8-3-2-4-9-19)28-34(30,31)23-11-7-17-32-23)29-16-6-5-10-22(29)26(18)33-21-14-12-20(27)13-15-21/h2-17H,1H3/b28-24+. The third kappa shape index (κ3) is 4.32. The molecule has 4 nitrogen and oxygen atoms in total. The lowest BCUT2D eigenvalue weighted by Gasteiger charge is -2.10. The summed E-state index contributed by atoms with van der Waals surface area (Å²) in [6, 6.07) is 24.7. The quantitative estimate of drug-likeness (QED) is 0.237. The van der Waals surface area contributed by atoms with Crippen LogP contribution in [0.25, 0.3) is 5.52 Å². The average molecular weight is 507 g/mol. The van der Waals surface area contributed by atoms with Crippen molar-refractivity contribution in [3.8, 4) is 0 Å². The fourth-order valence-electron chi connectivity index (χ4n) is 3.75. The molecule has 0 unspecified atom stereocenters. The van der Waals surface area contributed by atoms with Gasteiger partial charge in [-0.1, -0.05) is 54.2 Å². The molecule has 0 aliphatic heterocycles. The Bertz CT molecular complexity index is 1590. The van der Waals surface area contributed by atoms with E-state index in [4.69, 9.17) is 0 Å². The van der Waals surface area contributed by atoms with Crippen molar-refractivity contribution in [3.05, 3.63) is 119 Å². The van der Waals surface area contributed by atoms with Crippen LogP contribution in [0, 0.1) is 12.7 Å². The van der Waals surface area contributed by atoms with Crippen molar-refractivity contribution < 1.29 is 12.8 Å². The van der Waals surface area contributed by atoms with Gasteiger partial charge in [0.1, 0.15) is 15.7 Å². The van der Waals surface area contributed by atoms with Gasteiger partial charge in [-0.2, -0.15) is 12.8 Å². The number of benzene rings is 2. The molecular weight excluding hydrogens is 487 g/mol. The maximum Gasteiger partial charge on any atom is 0.292 e. The molecular formula is C26H19FN2O2S3. The highest BCUT2D eigenvalue weighted by molar-refractivity contribution is 7.99. The topological polar surface area (TPSA) is 50.9 Å². The largest absolute Gasteiger partial charge is 0.314 e. The normalized spacial score (nSPS) is 12.4. The van der Waals surface area contributed by atoms with Crippen LogP contribution in [0.2, 0.25) is 0 Å². The third-order valence-electron chi connectivity index (χ3n) is 5.30. The number of sulfonamides is 1. The lowest BCUT2D eigenvalue weighted by atomic mass is 10.1. The predicted octanol–water partition coefficient (Wildman–Crippen LogP) is 6.83. The van der Waals surface area contributed by atoms with Gasteiger partial charge in [0.2, 0.25) is 0 Å². The van der Waals surface area contributed by atoms with Crippen molar-refractivity contribution in [1.29, 1.82) is 0 Å². The van der Waals surface area contributed by atoms with Crippen LogP contribution in [0.15, 0.2) is 115 Å². The van der Waals surface area contributed by atoms with Crippen LogP contribution in [-0.2, 0) is 10.0 Å². The van der Waals surface area contributed by atoms with Gasteiger partial charge in [0.25, 0.3) is 10.0 Å². The zero-order valence-electron chi connectivity index (χ0n) is 18.1. The van der Waals surface area contributed by atoms with E-state index in [0.29, 0.717) is 17.0 Å². The fraction of sp³-hybridized carbons (Fsp3) is 0.0385. The van der Waals surface area contributed by atoms with Crippen LogP contribution >= 0.6 is 23.1 Å². The Hall–Kier alpha value is -3.20. The molecule has 3 aromatic heterocycles. The minimum Gasteiger partial charge on any atom is -0.314 e. The first-order valence-electron chi connectivity index (χ1n) is 10.4. The van der Waals surface area contributed by atoms with Crippen LogP contribution in [0.5, 0.6) is 0 Å². The zero-order valence-corrected chi connectivity index (χ0v) is 20.5. The SMILES string of the molecule is Cc1c(Sc2ccc(F)cc2)c2ccccn2c1/C(=N/S(=O)(=O)c1cccs1)c1ccccc1. The molecule has 0 N–H and O–H groups in total. The maximum atomic E-state index is 13.4. The molecule has 0 saturated heterocycles. The molecule has 0 aliphatic rings. The zero-order chi connectivity index (χ0) is 23.7. The fourth-order valence-corrected chi connectivity index (χ4v) is 6.76. The van der Waals surface area contributed by atoms with Gasteiger partial charge in [-0.05, 0) is 60.3 Å². The van der Waals surface area contributed by atoms with Gasteiger partial charge in [0.15, 0.2) is 0 Å². The number of hydrogen-bond acceptors (Lipinski definition) is 4. The van der Waals surface area contributed by atoms with Crippen molar-refractivity contribution in [3.63, 3.8) is 0 Å². The number of fused-ring (bicyclic) bond motifs is 1. The van der Waals surface area contributed by atoms with Crippen molar-refractivity contribution in [1.82, 2.24) is 4.40 Å². The molecule has 5 aromatic rings. The van der Waals surface area contributed by atoms with E-state index >= 15 is 0 Å². The smallest absolute Gasteiger partial charge is 0.292 e. The summed E-state index contributed by atoms with van der Waals surface area (Å²) in [5.41, 5.74) is 3.59. The molecule has 0 fully saturated rings. The molecule has 0 saturated carbocycles. The van der Waals surface area contributed by atoms with Crippen molar-refractivity contribution in [2.75, 3.05) is 0 Å². The van der Waals surface area contributed by atoms with Gasteiger partial charge < -0.3 is 4.40 Å². The Labute approximate surface area is 205 Å². The van der Waals surface area contributed by atoms with Crippen LogP contribution in [0.4, 0.5) is 4.39 Å². The van der Waals surface area contributed by atoms with Gasteiger partial charge in [0, 0.05) is 21.6 Å². The molecule has 5 rings (SSSR count). The Morgan fingerprint density at radius 1 is 0.941 bits per heavy atom. The summed E-state index contributed by atoms with van der Waals surface area (Å²) in [5, 5.41) is 1.72. The minimum absolute atomic E-state index is 0.195. The van der Waals surface area contributed by atoms with E-state index in [9.17, 15) is 12.8 Å². The van der Waals surface area contributed by atoms with E-state index in [-0.39, 0.29) is 10.0 Å². The van der Waals surface area contributed by atoms with Crippen LogP contribution < -0.4 is 0 Å². The monoisotopic (exact) mass is 506 g/mol. The van der Waals surface area contributed by atoms with Gasteiger partial charge in [-0.15, -0.1) is 11.3 Å². The number of thiophene rings is 1. The average Bonchev–Trinajstić information content (AvgIpc) is 3.48. The first kappa shape index (κ1) is 22.6. The van der Waals surface area contributed by atoms with Crippen LogP contribution in [-0.4, -0.2) is 18.5 Å². The first-order chi connectivity index (χ1) is 16.4. The summed E-state index contributed by atoms with van der Waals surface area (Å²) in [7, 11) is -3.91. The van der Waals surface area contributed by atoms with Crippen molar-refractivity contribution in [2.24, 2.45) is 4.40 Å². The van der Waals surface area contributed by atoms with Gasteiger partial charge in [0.05, 0.1) is 11.2 Å². The molecule has 8 heteroatoms. The molecule has 0 spiro atoms. The van der Waals surface area contributed by atoms with E-state index in [0.717, 1.165) is 32.2 Å². The minimum atomic E-state index is -3.91. The van der Waals surface area contributed by atoms with Gasteiger partial charge in [-0.3, -0.25) is 0 Å². The lowest BCUT2D eigenvalue weighted by molar-refractivity contribution is 0.600. The second kappa shape index (κ2) is 9.21. The van der Waals surface area contributed by atoms with Crippen molar-refractivity contribution >= 4 is 44.4 Å². The van der Waals surface area contributed by atoms with Crippen LogP contribution in [0.1, 0.15) is 16.8 Å². The van der Waals surface area contributed by atoms with E-state index in [1.807, 2.05) is 66.1 Å². The second-order valence-corrected chi connectivity index (χ2v) is 11.4. The summed E-state index contributed by atoms with van der Waals surface area (Å²) in [5.74, 6) is -0.291. The molecule has 3 heterocycles. The molecule has 0 amide bonds. The number of pyridine rings is 1. The number of rotatable bonds is 6. The molecule has 0 bridgehead atoms. The number of halogens is 1. The Kier molecular flexibility index (Phi) is 6.12. The summed E-state index contributed by atoms with van der Waals surface area (Å²) in [6.07, 6.45) is 1.91. The third-order valence-corrected chi connectivity index (χ3v) is 9.17. The van der Waals surface area contributed by atoms with E-state index < -0.39 is 10.0 Å². The molecule has 170 valence electrons. The first-order valence-corrected chi connectivity index (χ1v) is 13.5. The Morgan fingerprint density at radius 3 is 2.38 bits per heavy atom. The van der Waals surface area contributed by atoms with Gasteiger partial charge in [-0.25, -0.2) is 4.39 Å². The van der Waals surface area contributed by atoms with E-state index in [2.05, 4.69) is 4.40 Å². The van der Waals surface area contributed by atoms with Crippen LogP contribution in [0.3, 0.4) is 0 Å². The summed E-state index contributed by atoms with van der Waals surface area (Å²) < 4.78 is 46.4. The summed E-state index contributed by atoms with van der Waals surface area (Å²) >= 11 is 2.65. The number of aromatic nitrogens is 1. The highest BCUT2D eigenvalue weighted by Gasteiger charge is 2.24. The van der Waals surface area contributed by atoms with E-state index in [1.54, 1.807) is 29.6 Å². The molecule has 0 aliphatic carbocycles. The van der Waals surface area contributed by atoms with Crippen molar-refractivity contribution in [2.45, 2.75) is 20.9 Å². The van der Waals surface area contributed by atoms with E-state index in [1.165, 1.54) is 23.9 Å². The summed E-state index contributed by atoms with van der Waals surface area (Å²) in [6.45, 7) is 1.96. The Balaban J connectivity index is 1.75. The summed E-state index contributed by atoms with van der Waals surface area (Å²) in [4.78, 5) is 1.84. The number of hydrogen-bond donors (Lipinski definition) is 0. The Morgan fingerprint density at radius 2 is 1.68 bits per heavy atom. The lowest BCUT2D eigenvalue weighted by Crippen LogP contribution is -2.11. The maximum absolute atomic E-state index is 13.4.